The molecular weight excluding hydrogens is 445 g/mol. The summed E-state index contributed by atoms with van der Waals surface area (Å²) < 4.78 is 1.17. The number of aliphatic hydroxyl groups excluding tert-OH is 1. The summed E-state index contributed by atoms with van der Waals surface area (Å²) in [5.74, 6) is 0.367. The molecule has 4 N–H and O–H groups in total. The first-order valence-corrected chi connectivity index (χ1v) is 8.78. The van der Waals surface area contributed by atoms with Crippen LogP contribution in [0, 0.1) is 0 Å². The van der Waals surface area contributed by atoms with Gasteiger partial charge in [0, 0.05) is 16.1 Å². The Morgan fingerprint density at radius 3 is 2.60 bits per heavy atom. The number of aliphatic imine (C=N–C) groups is 1. The van der Waals surface area contributed by atoms with Crippen LogP contribution in [0.2, 0.25) is 0 Å². The van der Waals surface area contributed by atoms with Crippen LogP contribution in [0.4, 0.5) is 0 Å². The number of hydrogen-bond donors (Lipinski definition) is 3. The SMILES string of the molecule is I.NC(=NCC(O)c1cc2ccccc2s1)NCCc1ccccc1. The second kappa shape index (κ2) is 9.74. The van der Waals surface area contributed by atoms with Crippen LogP contribution in [0.1, 0.15) is 16.5 Å². The van der Waals surface area contributed by atoms with Crippen molar-refractivity contribution in [3.8, 4) is 0 Å². The molecule has 3 aromatic rings. The van der Waals surface area contributed by atoms with Crippen LogP contribution in [-0.2, 0) is 6.42 Å². The zero-order chi connectivity index (χ0) is 16.8. The number of thiophene rings is 1. The van der Waals surface area contributed by atoms with E-state index in [2.05, 4.69) is 28.5 Å². The molecule has 25 heavy (non-hydrogen) atoms. The third-order valence-corrected chi connectivity index (χ3v) is 4.99. The largest absolute Gasteiger partial charge is 0.386 e. The van der Waals surface area contributed by atoms with Gasteiger partial charge in [0.15, 0.2) is 5.96 Å². The molecule has 0 aliphatic rings. The molecule has 1 unspecified atom stereocenters. The number of hydrogen-bond acceptors (Lipinski definition) is 3. The van der Waals surface area contributed by atoms with Gasteiger partial charge in [0.2, 0.25) is 0 Å². The lowest BCUT2D eigenvalue weighted by atomic mass is 10.1. The maximum atomic E-state index is 10.3. The average Bonchev–Trinajstić information content (AvgIpc) is 3.05. The Morgan fingerprint density at radius 2 is 1.84 bits per heavy atom. The summed E-state index contributed by atoms with van der Waals surface area (Å²) in [4.78, 5) is 5.16. The highest BCUT2D eigenvalue weighted by Crippen LogP contribution is 2.29. The second-order valence-electron chi connectivity index (χ2n) is 5.59. The fraction of sp³-hybridized carbons (Fsp3) is 0.211. The molecular formula is C19H22IN3OS. The minimum atomic E-state index is -0.628. The molecule has 1 heterocycles. The first kappa shape index (κ1) is 19.7. The van der Waals surface area contributed by atoms with Crippen molar-refractivity contribution >= 4 is 51.4 Å². The van der Waals surface area contributed by atoms with Crippen LogP contribution in [0.5, 0.6) is 0 Å². The van der Waals surface area contributed by atoms with E-state index < -0.39 is 6.10 Å². The molecule has 0 amide bonds. The predicted molar refractivity (Wildman–Crippen MR) is 117 cm³/mol. The van der Waals surface area contributed by atoms with Crippen LogP contribution in [0.3, 0.4) is 0 Å². The standard InChI is InChI=1S/C19H21N3OS.HI/c20-19(21-11-10-14-6-2-1-3-7-14)22-13-16(23)18-12-15-8-4-5-9-17(15)24-18;/h1-9,12,16,23H,10-11,13H2,(H3,20,21,22);1H. The van der Waals surface area contributed by atoms with Crippen LogP contribution >= 0.6 is 35.3 Å². The van der Waals surface area contributed by atoms with Gasteiger partial charge in [-0.1, -0.05) is 48.5 Å². The third-order valence-electron chi connectivity index (χ3n) is 3.77. The number of rotatable bonds is 6. The second-order valence-corrected chi connectivity index (χ2v) is 6.71. The van der Waals surface area contributed by atoms with Gasteiger partial charge in [-0.15, -0.1) is 35.3 Å². The van der Waals surface area contributed by atoms with Gasteiger partial charge < -0.3 is 16.2 Å². The fourth-order valence-corrected chi connectivity index (χ4v) is 3.52. The number of nitrogens with zero attached hydrogens (tertiary/aromatic N) is 1. The van der Waals surface area contributed by atoms with E-state index >= 15 is 0 Å². The highest BCUT2D eigenvalue weighted by Gasteiger charge is 2.10. The zero-order valence-corrected chi connectivity index (χ0v) is 16.9. The van der Waals surface area contributed by atoms with E-state index in [1.54, 1.807) is 11.3 Å². The Hall–Kier alpha value is -1.64. The summed E-state index contributed by atoms with van der Waals surface area (Å²) in [7, 11) is 0. The monoisotopic (exact) mass is 467 g/mol. The topological polar surface area (TPSA) is 70.6 Å². The fourth-order valence-electron chi connectivity index (χ4n) is 2.48. The highest BCUT2D eigenvalue weighted by molar-refractivity contribution is 14.0. The summed E-state index contributed by atoms with van der Waals surface area (Å²) in [6.07, 6.45) is 0.257. The molecule has 1 aromatic heterocycles. The number of benzene rings is 2. The van der Waals surface area contributed by atoms with Crippen molar-refractivity contribution < 1.29 is 5.11 Å². The van der Waals surface area contributed by atoms with Gasteiger partial charge in [-0.2, -0.15) is 0 Å². The molecule has 132 valence electrons. The Morgan fingerprint density at radius 1 is 1.12 bits per heavy atom. The van der Waals surface area contributed by atoms with E-state index in [0.29, 0.717) is 5.96 Å². The van der Waals surface area contributed by atoms with Crippen molar-refractivity contribution in [2.24, 2.45) is 10.7 Å². The normalized spacial score (nSPS) is 12.6. The minimum absolute atomic E-state index is 0. The number of nitrogens with one attached hydrogen (secondary N) is 1. The molecule has 0 saturated carbocycles. The highest BCUT2D eigenvalue weighted by atomic mass is 127. The number of fused-ring (bicyclic) bond motifs is 1. The lowest BCUT2D eigenvalue weighted by molar-refractivity contribution is 0.191. The average molecular weight is 467 g/mol. The molecule has 2 aromatic carbocycles. The molecule has 0 aliphatic carbocycles. The molecule has 0 saturated heterocycles. The third kappa shape index (κ3) is 5.69. The van der Waals surface area contributed by atoms with Crippen LogP contribution in [-0.4, -0.2) is 24.2 Å². The molecule has 0 aliphatic heterocycles. The van der Waals surface area contributed by atoms with E-state index in [9.17, 15) is 5.11 Å². The lowest BCUT2D eigenvalue weighted by Crippen LogP contribution is -2.33. The van der Waals surface area contributed by atoms with E-state index in [4.69, 9.17) is 5.73 Å². The maximum absolute atomic E-state index is 10.3. The van der Waals surface area contributed by atoms with Crippen LogP contribution in [0.25, 0.3) is 10.1 Å². The minimum Gasteiger partial charge on any atom is -0.386 e. The Bertz CT molecular complexity index is 787. The molecule has 0 bridgehead atoms. The van der Waals surface area contributed by atoms with E-state index in [1.807, 2.05) is 42.5 Å². The molecule has 3 rings (SSSR count). The molecule has 0 radical (unpaired) electrons. The summed E-state index contributed by atoms with van der Waals surface area (Å²) in [5.41, 5.74) is 7.12. The van der Waals surface area contributed by atoms with Gasteiger partial charge in [-0.25, -0.2) is 0 Å². The smallest absolute Gasteiger partial charge is 0.188 e. The van der Waals surface area contributed by atoms with Gasteiger partial charge in [0.1, 0.15) is 6.10 Å². The molecule has 0 fully saturated rings. The van der Waals surface area contributed by atoms with Crippen molar-refractivity contribution in [2.45, 2.75) is 12.5 Å². The van der Waals surface area contributed by atoms with Gasteiger partial charge in [-0.05, 0) is 29.5 Å². The summed E-state index contributed by atoms with van der Waals surface area (Å²) in [5, 5.41) is 14.5. The summed E-state index contributed by atoms with van der Waals surface area (Å²) >= 11 is 1.59. The maximum Gasteiger partial charge on any atom is 0.188 e. The number of aliphatic hydroxyl groups is 1. The summed E-state index contributed by atoms with van der Waals surface area (Å²) in [6, 6.07) is 20.3. The predicted octanol–water partition coefficient (Wildman–Crippen LogP) is 3.70. The van der Waals surface area contributed by atoms with Crippen LogP contribution < -0.4 is 11.1 Å². The molecule has 6 heteroatoms. The van der Waals surface area contributed by atoms with Crippen molar-refractivity contribution in [1.82, 2.24) is 5.32 Å². The first-order chi connectivity index (χ1) is 11.7. The number of halogens is 1. The van der Waals surface area contributed by atoms with Crippen molar-refractivity contribution in [2.75, 3.05) is 13.1 Å². The Balaban J connectivity index is 0.00000225. The van der Waals surface area contributed by atoms with E-state index in [1.165, 1.54) is 10.3 Å². The molecule has 1 atom stereocenters. The van der Waals surface area contributed by atoms with Crippen LogP contribution in [0.15, 0.2) is 65.7 Å². The van der Waals surface area contributed by atoms with E-state index in [-0.39, 0.29) is 30.5 Å². The quantitative estimate of drug-likeness (QED) is 0.294. The zero-order valence-electron chi connectivity index (χ0n) is 13.8. The number of nitrogens with two attached hydrogens (primary N) is 1. The molecule has 0 spiro atoms. The Kier molecular flexibility index (Phi) is 7.67. The van der Waals surface area contributed by atoms with E-state index in [0.717, 1.165) is 23.2 Å². The van der Waals surface area contributed by atoms with Crippen molar-refractivity contribution in [1.29, 1.82) is 0 Å². The van der Waals surface area contributed by atoms with Gasteiger partial charge in [0.05, 0.1) is 6.54 Å². The summed E-state index contributed by atoms with van der Waals surface area (Å²) in [6.45, 7) is 0.981. The van der Waals surface area contributed by atoms with Crippen molar-refractivity contribution in [3.05, 3.63) is 71.1 Å². The molecule has 4 nitrogen and oxygen atoms in total. The number of guanidine groups is 1. The van der Waals surface area contributed by atoms with Gasteiger partial charge in [-0.3, -0.25) is 4.99 Å². The first-order valence-electron chi connectivity index (χ1n) is 7.96. The van der Waals surface area contributed by atoms with Crippen molar-refractivity contribution in [3.63, 3.8) is 0 Å². The van der Waals surface area contributed by atoms with Gasteiger partial charge in [0.25, 0.3) is 0 Å². The van der Waals surface area contributed by atoms with Gasteiger partial charge >= 0.3 is 0 Å². The Labute approximate surface area is 168 Å². The lowest BCUT2D eigenvalue weighted by Gasteiger charge is -2.08.